The van der Waals surface area contributed by atoms with E-state index in [0.29, 0.717) is 22.4 Å². The average Bonchev–Trinajstić information content (AvgIpc) is 3.04. The van der Waals surface area contributed by atoms with Gasteiger partial charge in [-0.3, -0.25) is 19.0 Å². The van der Waals surface area contributed by atoms with E-state index in [9.17, 15) is 14.4 Å². The molecule has 9 nitrogen and oxygen atoms in total. The molecule has 0 aliphatic heterocycles. The number of hydrogen-bond acceptors (Lipinski definition) is 5. The number of aromatic nitrogens is 4. The van der Waals surface area contributed by atoms with Crippen LogP contribution in [-0.2, 0) is 11.3 Å². The Morgan fingerprint density at radius 2 is 2.17 bits per heavy atom. The van der Waals surface area contributed by atoms with Crippen molar-refractivity contribution in [2.24, 2.45) is 0 Å². The molecule has 0 atom stereocenters. The van der Waals surface area contributed by atoms with Gasteiger partial charge in [0.2, 0.25) is 0 Å². The van der Waals surface area contributed by atoms with Crippen LogP contribution in [0.2, 0.25) is 0 Å². The molecule has 0 aliphatic carbocycles. The van der Waals surface area contributed by atoms with Crippen LogP contribution in [0.4, 0.5) is 5.69 Å². The minimum atomic E-state index is -1.21. The van der Waals surface area contributed by atoms with Crippen LogP contribution in [0.5, 0.6) is 0 Å². The number of carboxylic acid groups (broad SMARTS) is 1. The molecule has 3 rings (SSSR count). The average molecular weight is 315 g/mol. The van der Waals surface area contributed by atoms with Gasteiger partial charge < -0.3 is 20.0 Å². The Balaban J connectivity index is 2.40. The van der Waals surface area contributed by atoms with E-state index in [-0.39, 0.29) is 0 Å². The van der Waals surface area contributed by atoms with Crippen molar-refractivity contribution in [2.45, 2.75) is 6.54 Å². The van der Waals surface area contributed by atoms with Crippen molar-refractivity contribution in [3.63, 3.8) is 0 Å². The largest absolute Gasteiger partial charge is 0.480 e. The zero-order chi connectivity index (χ0) is 16.6. The Kier molecular flexibility index (Phi) is 3.45. The number of carboxylic acids is 1. The summed E-state index contributed by atoms with van der Waals surface area (Å²) >= 11 is 0. The van der Waals surface area contributed by atoms with Crippen molar-refractivity contribution in [3.8, 4) is 5.69 Å². The fraction of sp³-hybridized carbons (Fsp3) is 0.143. The second-order valence-electron chi connectivity index (χ2n) is 4.85. The van der Waals surface area contributed by atoms with Gasteiger partial charge in [0.05, 0.1) is 28.7 Å². The minimum absolute atomic E-state index is 0.319. The quantitative estimate of drug-likeness (QED) is 0.583. The summed E-state index contributed by atoms with van der Waals surface area (Å²) in [7, 11) is 1.72. The predicted octanol–water partition coefficient (Wildman–Crippen LogP) is 0.00180. The maximum Gasteiger partial charge on any atom is 0.323 e. The van der Waals surface area contributed by atoms with Gasteiger partial charge in [-0.15, -0.1) is 0 Å². The Morgan fingerprint density at radius 1 is 1.39 bits per heavy atom. The molecule has 1 aromatic carbocycles. The topological polar surface area (TPSA) is 122 Å². The second kappa shape index (κ2) is 5.44. The number of fused-ring (bicyclic) bond motifs is 1. The number of nitrogens with zero attached hydrogens (tertiary/aromatic N) is 3. The first-order valence-corrected chi connectivity index (χ1v) is 6.70. The summed E-state index contributed by atoms with van der Waals surface area (Å²) in [4.78, 5) is 41.2. The van der Waals surface area contributed by atoms with Crippen LogP contribution in [0.3, 0.4) is 0 Å². The molecule has 118 valence electrons. The number of hydrogen-bond donors (Lipinski definition) is 3. The van der Waals surface area contributed by atoms with Gasteiger partial charge in [-0.2, -0.15) is 0 Å². The lowest BCUT2D eigenvalue weighted by Crippen LogP contribution is -2.37. The van der Waals surface area contributed by atoms with Crippen LogP contribution in [0.1, 0.15) is 0 Å². The fourth-order valence-electron chi connectivity index (χ4n) is 2.42. The third-order valence-corrected chi connectivity index (χ3v) is 3.44. The van der Waals surface area contributed by atoms with Crippen LogP contribution >= 0.6 is 0 Å². The lowest BCUT2D eigenvalue weighted by Gasteiger charge is -2.14. The van der Waals surface area contributed by atoms with Gasteiger partial charge >= 0.3 is 17.1 Å². The van der Waals surface area contributed by atoms with E-state index >= 15 is 0 Å². The summed E-state index contributed by atoms with van der Waals surface area (Å²) < 4.78 is 2.66. The lowest BCUT2D eigenvalue weighted by molar-refractivity contribution is -0.137. The molecular weight excluding hydrogens is 302 g/mol. The van der Waals surface area contributed by atoms with E-state index < -0.39 is 23.6 Å². The molecule has 0 saturated carbocycles. The SMILES string of the molecule is CNc1cc2[nH]c(=O)c(=O)n(CC(=O)O)c2cc1-n1ccnc1. The number of aromatic amines is 1. The number of imidazole rings is 1. The molecule has 2 aromatic heterocycles. The highest BCUT2D eigenvalue weighted by atomic mass is 16.4. The number of nitrogens with one attached hydrogen (secondary N) is 2. The predicted molar refractivity (Wildman–Crippen MR) is 83.1 cm³/mol. The molecule has 9 heteroatoms. The van der Waals surface area contributed by atoms with Crippen molar-refractivity contribution < 1.29 is 9.90 Å². The zero-order valence-electron chi connectivity index (χ0n) is 12.1. The number of carbonyl (C=O) groups is 1. The van der Waals surface area contributed by atoms with E-state index in [1.165, 1.54) is 0 Å². The summed E-state index contributed by atoms with van der Waals surface area (Å²) in [6.07, 6.45) is 4.89. The third-order valence-electron chi connectivity index (χ3n) is 3.44. The first-order valence-electron chi connectivity index (χ1n) is 6.70. The smallest absolute Gasteiger partial charge is 0.323 e. The van der Waals surface area contributed by atoms with Gasteiger partial charge in [0.15, 0.2) is 0 Å². The summed E-state index contributed by atoms with van der Waals surface area (Å²) in [5.74, 6) is -1.21. The van der Waals surface area contributed by atoms with E-state index in [1.54, 1.807) is 42.5 Å². The van der Waals surface area contributed by atoms with Gasteiger partial charge in [-0.1, -0.05) is 0 Å². The second-order valence-corrected chi connectivity index (χ2v) is 4.85. The molecule has 0 aliphatic rings. The van der Waals surface area contributed by atoms with Crippen molar-refractivity contribution in [1.82, 2.24) is 19.1 Å². The Bertz CT molecular complexity index is 1000. The van der Waals surface area contributed by atoms with Crippen LogP contribution < -0.4 is 16.4 Å². The monoisotopic (exact) mass is 315 g/mol. The maximum atomic E-state index is 12.0. The molecule has 0 fully saturated rings. The molecule has 0 saturated heterocycles. The molecule has 3 N–H and O–H groups in total. The standard InChI is InChI=1S/C14H13N5O4/c1-15-8-4-9-11(5-10(8)18-3-2-16-7-18)19(6-12(20)21)14(23)13(22)17-9/h2-5,7,15H,6H2,1H3,(H,17,22)(H,20,21). The maximum absolute atomic E-state index is 12.0. The highest BCUT2D eigenvalue weighted by Crippen LogP contribution is 2.24. The van der Waals surface area contributed by atoms with E-state index in [2.05, 4.69) is 15.3 Å². The number of aliphatic carboxylic acids is 1. The number of H-pyrrole nitrogens is 1. The van der Waals surface area contributed by atoms with Crippen molar-refractivity contribution in [2.75, 3.05) is 12.4 Å². The Hall–Kier alpha value is -3.36. The molecule has 0 bridgehead atoms. The molecule has 0 radical (unpaired) electrons. The molecule has 2 heterocycles. The van der Waals surface area contributed by atoms with Crippen molar-refractivity contribution in [3.05, 3.63) is 51.6 Å². The summed E-state index contributed by atoms with van der Waals surface area (Å²) in [6, 6.07) is 3.27. The third kappa shape index (κ3) is 2.48. The molecular formula is C14H13N5O4. The zero-order valence-corrected chi connectivity index (χ0v) is 12.1. The molecule has 0 unspecified atom stereocenters. The van der Waals surface area contributed by atoms with Crippen molar-refractivity contribution >= 4 is 22.7 Å². The molecule has 0 spiro atoms. The number of benzene rings is 1. The van der Waals surface area contributed by atoms with Crippen molar-refractivity contribution in [1.29, 1.82) is 0 Å². The molecule has 3 aromatic rings. The van der Waals surface area contributed by atoms with Gasteiger partial charge in [-0.05, 0) is 12.1 Å². The van der Waals surface area contributed by atoms with Crippen LogP contribution in [0.25, 0.3) is 16.7 Å². The van der Waals surface area contributed by atoms with Gasteiger partial charge in [0.25, 0.3) is 0 Å². The van der Waals surface area contributed by atoms with Gasteiger partial charge in [-0.25, -0.2) is 4.98 Å². The number of anilines is 1. The number of rotatable bonds is 4. The van der Waals surface area contributed by atoms with Crippen LogP contribution in [0.15, 0.2) is 40.4 Å². The first-order chi connectivity index (χ1) is 11.0. The normalized spacial score (nSPS) is 10.8. The van der Waals surface area contributed by atoms with E-state index in [0.717, 1.165) is 4.57 Å². The summed E-state index contributed by atoms with van der Waals surface area (Å²) in [5, 5.41) is 12.0. The Labute approximate surface area is 128 Å². The Morgan fingerprint density at radius 3 is 2.78 bits per heavy atom. The van der Waals surface area contributed by atoms with E-state index in [4.69, 9.17) is 5.11 Å². The highest BCUT2D eigenvalue weighted by Gasteiger charge is 2.14. The lowest BCUT2D eigenvalue weighted by atomic mass is 10.2. The fourth-order valence-corrected chi connectivity index (χ4v) is 2.42. The van der Waals surface area contributed by atoms with E-state index in [1.807, 2.05) is 0 Å². The van der Waals surface area contributed by atoms with Crippen LogP contribution in [0, 0.1) is 0 Å². The minimum Gasteiger partial charge on any atom is -0.480 e. The summed E-state index contributed by atoms with van der Waals surface area (Å²) in [6.45, 7) is -0.596. The molecule has 23 heavy (non-hydrogen) atoms. The highest BCUT2D eigenvalue weighted by molar-refractivity contribution is 5.85. The van der Waals surface area contributed by atoms with Gasteiger partial charge in [0, 0.05) is 19.4 Å². The summed E-state index contributed by atoms with van der Waals surface area (Å²) in [5.41, 5.74) is 0.267. The first kappa shape index (κ1) is 14.6. The molecule has 0 amide bonds. The van der Waals surface area contributed by atoms with Crippen LogP contribution in [-0.4, -0.2) is 37.2 Å². The van der Waals surface area contributed by atoms with Gasteiger partial charge in [0.1, 0.15) is 6.54 Å².